The molecule has 0 amide bonds. The summed E-state index contributed by atoms with van der Waals surface area (Å²) in [6.07, 6.45) is 0. The second kappa shape index (κ2) is 6.83. The quantitative estimate of drug-likeness (QED) is 0.572. The van der Waals surface area contributed by atoms with Gasteiger partial charge in [0.2, 0.25) is 11.8 Å². The van der Waals surface area contributed by atoms with Crippen LogP contribution >= 0.6 is 0 Å². The van der Waals surface area contributed by atoms with E-state index in [9.17, 15) is 10.1 Å². The maximum atomic E-state index is 11.1. The van der Waals surface area contributed by atoms with Crippen LogP contribution in [0.5, 0.6) is 0 Å². The number of anilines is 2. The van der Waals surface area contributed by atoms with E-state index in [1.165, 1.54) is 0 Å². The van der Waals surface area contributed by atoms with Gasteiger partial charge in [-0.25, -0.2) is 4.98 Å². The van der Waals surface area contributed by atoms with Gasteiger partial charge in [0.15, 0.2) is 0 Å². The molecule has 0 spiro atoms. The van der Waals surface area contributed by atoms with Crippen LogP contribution in [0.25, 0.3) is 0 Å². The van der Waals surface area contributed by atoms with Gasteiger partial charge in [-0.2, -0.15) is 4.98 Å². The van der Waals surface area contributed by atoms with Crippen LogP contribution in [-0.2, 0) is 4.74 Å². The molecular weight excluding hydrogens is 250 g/mol. The van der Waals surface area contributed by atoms with Crippen molar-refractivity contribution in [1.29, 1.82) is 0 Å². The third kappa shape index (κ3) is 4.02. The maximum absolute atomic E-state index is 11.1. The van der Waals surface area contributed by atoms with Crippen molar-refractivity contribution in [3.05, 3.63) is 15.8 Å². The fourth-order valence-corrected chi connectivity index (χ4v) is 1.65. The molecule has 1 atom stereocenters. The molecule has 2 N–H and O–H groups in total. The van der Waals surface area contributed by atoms with Crippen molar-refractivity contribution in [3.63, 3.8) is 0 Å². The molecule has 1 aromatic heterocycles. The number of aromatic nitrogens is 2. The molecule has 106 valence electrons. The van der Waals surface area contributed by atoms with Crippen LogP contribution in [-0.4, -0.2) is 41.2 Å². The first-order valence-corrected chi connectivity index (χ1v) is 6.02. The number of nitrogens with zero attached hydrogens (tertiary/aromatic N) is 3. The fourth-order valence-electron chi connectivity index (χ4n) is 1.65. The van der Waals surface area contributed by atoms with Crippen LogP contribution in [0.4, 0.5) is 17.5 Å². The number of hydrogen-bond donors (Lipinski definition) is 2. The van der Waals surface area contributed by atoms with Gasteiger partial charge in [-0.3, -0.25) is 10.1 Å². The lowest BCUT2D eigenvalue weighted by Crippen LogP contribution is -2.23. The van der Waals surface area contributed by atoms with E-state index in [1.807, 2.05) is 13.8 Å². The molecule has 0 bridgehead atoms. The molecule has 8 nitrogen and oxygen atoms in total. The molecule has 19 heavy (non-hydrogen) atoms. The Morgan fingerprint density at radius 3 is 2.68 bits per heavy atom. The molecule has 1 unspecified atom stereocenters. The smallest absolute Gasteiger partial charge is 0.332 e. The van der Waals surface area contributed by atoms with Crippen molar-refractivity contribution >= 4 is 17.5 Å². The molecule has 0 aromatic carbocycles. The minimum Gasteiger partial charge on any atom is -0.383 e. The van der Waals surface area contributed by atoms with Gasteiger partial charge in [-0.1, -0.05) is 0 Å². The van der Waals surface area contributed by atoms with E-state index in [4.69, 9.17) is 4.74 Å². The van der Waals surface area contributed by atoms with Crippen molar-refractivity contribution < 1.29 is 9.66 Å². The lowest BCUT2D eigenvalue weighted by atomic mass is 10.3. The highest BCUT2D eigenvalue weighted by atomic mass is 16.6. The molecule has 0 aliphatic heterocycles. The van der Waals surface area contributed by atoms with Gasteiger partial charge in [0.25, 0.3) is 0 Å². The molecule has 1 heterocycles. The average molecular weight is 269 g/mol. The Labute approximate surface area is 111 Å². The first-order valence-electron chi connectivity index (χ1n) is 6.02. The first-order chi connectivity index (χ1) is 8.99. The van der Waals surface area contributed by atoms with E-state index < -0.39 is 4.92 Å². The lowest BCUT2D eigenvalue weighted by Gasteiger charge is -2.15. The molecular formula is C11H19N5O3. The van der Waals surface area contributed by atoms with Gasteiger partial charge in [0, 0.05) is 19.7 Å². The normalized spacial score (nSPS) is 12.0. The highest BCUT2D eigenvalue weighted by Crippen LogP contribution is 2.26. The monoisotopic (exact) mass is 269 g/mol. The number of rotatable bonds is 7. The summed E-state index contributed by atoms with van der Waals surface area (Å²) < 4.78 is 4.99. The molecule has 0 saturated carbocycles. The summed E-state index contributed by atoms with van der Waals surface area (Å²) in [7, 11) is 1.57. The number of nitrogens with one attached hydrogen (secondary N) is 2. The Balaban J connectivity index is 3.12. The second-order valence-corrected chi connectivity index (χ2v) is 4.12. The highest BCUT2D eigenvalue weighted by molar-refractivity contribution is 5.61. The standard InChI is InChI=1S/C11H19N5O3/c1-5-12-11-14-8(3)9(16(17)18)10(15-11)13-7(2)6-19-4/h7H,5-6H2,1-4H3,(H2,12,13,14,15). The largest absolute Gasteiger partial charge is 0.383 e. The predicted molar refractivity (Wildman–Crippen MR) is 72.5 cm³/mol. The summed E-state index contributed by atoms with van der Waals surface area (Å²) in [5.74, 6) is 0.579. The Kier molecular flexibility index (Phi) is 5.43. The van der Waals surface area contributed by atoms with Crippen molar-refractivity contribution in [2.75, 3.05) is 30.9 Å². The summed E-state index contributed by atoms with van der Waals surface area (Å²) in [4.78, 5) is 18.8. The Hall–Kier alpha value is -1.96. The van der Waals surface area contributed by atoms with Crippen LogP contribution in [0, 0.1) is 17.0 Å². The zero-order valence-corrected chi connectivity index (χ0v) is 11.6. The third-order valence-corrected chi connectivity index (χ3v) is 2.38. The molecule has 0 aliphatic rings. The average Bonchev–Trinajstić information content (AvgIpc) is 2.28. The zero-order chi connectivity index (χ0) is 14.4. The van der Waals surface area contributed by atoms with E-state index in [1.54, 1.807) is 14.0 Å². The Morgan fingerprint density at radius 1 is 1.47 bits per heavy atom. The van der Waals surface area contributed by atoms with Gasteiger partial charge in [0.05, 0.1) is 11.5 Å². The Morgan fingerprint density at radius 2 is 2.16 bits per heavy atom. The first kappa shape index (κ1) is 15.1. The summed E-state index contributed by atoms with van der Waals surface area (Å²) in [5.41, 5.74) is 0.215. The van der Waals surface area contributed by atoms with E-state index in [0.29, 0.717) is 24.8 Å². The molecule has 8 heteroatoms. The van der Waals surface area contributed by atoms with Crippen molar-refractivity contribution in [2.45, 2.75) is 26.8 Å². The topological polar surface area (TPSA) is 102 Å². The van der Waals surface area contributed by atoms with Crippen LogP contribution in [0.15, 0.2) is 0 Å². The summed E-state index contributed by atoms with van der Waals surface area (Å²) in [5, 5.41) is 17.0. The van der Waals surface area contributed by atoms with E-state index in [2.05, 4.69) is 20.6 Å². The lowest BCUT2D eigenvalue weighted by molar-refractivity contribution is -0.385. The molecule has 1 aromatic rings. The summed E-state index contributed by atoms with van der Waals surface area (Å²) in [6, 6.07) is -0.0903. The number of hydrogen-bond acceptors (Lipinski definition) is 7. The van der Waals surface area contributed by atoms with Gasteiger partial charge in [-0.15, -0.1) is 0 Å². The van der Waals surface area contributed by atoms with E-state index in [-0.39, 0.29) is 17.5 Å². The van der Waals surface area contributed by atoms with Gasteiger partial charge in [-0.05, 0) is 20.8 Å². The minimum absolute atomic E-state index is 0.0903. The number of methoxy groups -OCH3 is 1. The van der Waals surface area contributed by atoms with E-state index in [0.717, 1.165) is 0 Å². The molecule has 0 aliphatic carbocycles. The zero-order valence-electron chi connectivity index (χ0n) is 11.6. The van der Waals surface area contributed by atoms with Crippen molar-refractivity contribution in [3.8, 4) is 0 Å². The second-order valence-electron chi connectivity index (χ2n) is 4.12. The minimum atomic E-state index is -0.479. The number of nitro groups is 1. The van der Waals surface area contributed by atoms with Gasteiger partial charge in [0.1, 0.15) is 5.69 Å². The maximum Gasteiger partial charge on any atom is 0.332 e. The molecule has 0 saturated heterocycles. The van der Waals surface area contributed by atoms with Crippen LogP contribution in [0.3, 0.4) is 0 Å². The van der Waals surface area contributed by atoms with E-state index >= 15 is 0 Å². The van der Waals surface area contributed by atoms with Crippen LogP contribution in [0.1, 0.15) is 19.5 Å². The van der Waals surface area contributed by atoms with Crippen molar-refractivity contribution in [1.82, 2.24) is 9.97 Å². The van der Waals surface area contributed by atoms with Crippen LogP contribution < -0.4 is 10.6 Å². The third-order valence-electron chi connectivity index (χ3n) is 2.38. The van der Waals surface area contributed by atoms with Gasteiger partial charge >= 0.3 is 5.69 Å². The molecule has 1 rings (SSSR count). The molecule has 0 radical (unpaired) electrons. The predicted octanol–water partition coefficient (Wildman–Crippen LogP) is 1.57. The van der Waals surface area contributed by atoms with Crippen LogP contribution in [0.2, 0.25) is 0 Å². The number of aryl methyl sites for hydroxylation is 1. The fraction of sp³-hybridized carbons (Fsp3) is 0.636. The highest BCUT2D eigenvalue weighted by Gasteiger charge is 2.23. The molecule has 0 fully saturated rings. The number of ether oxygens (including phenoxy) is 1. The van der Waals surface area contributed by atoms with Crippen molar-refractivity contribution in [2.24, 2.45) is 0 Å². The summed E-state index contributed by atoms with van der Waals surface area (Å²) in [6.45, 7) is 6.42. The Bertz CT molecular complexity index is 452. The van der Waals surface area contributed by atoms with Gasteiger partial charge < -0.3 is 15.4 Å². The summed E-state index contributed by atoms with van der Waals surface area (Å²) >= 11 is 0. The SMILES string of the molecule is CCNc1nc(C)c([N+](=O)[O-])c(NC(C)COC)n1.